The van der Waals surface area contributed by atoms with Crippen molar-refractivity contribution in [2.75, 3.05) is 33.9 Å². The molecule has 1 aromatic heterocycles. The summed E-state index contributed by atoms with van der Waals surface area (Å²) >= 11 is 0. The maximum absolute atomic E-state index is 12.4. The molecule has 0 aliphatic carbocycles. The minimum atomic E-state index is -0.0639. The molecule has 0 unspecified atom stereocenters. The first kappa shape index (κ1) is 17.8. The minimum Gasteiger partial charge on any atom is -0.493 e. The van der Waals surface area contributed by atoms with Crippen molar-refractivity contribution in [3.05, 3.63) is 34.1 Å². The number of hydrogen-bond acceptors (Lipinski definition) is 5. The molecule has 0 radical (unpaired) electrons. The molecule has 6 heteroatoms. The number of nitrogens with zero attached hydrogens (tertiary/aromatic N) is 1. The van der Waals surface area contributed by atoms with Crippen molar-refractivity contribution < 1.29 is 9.47 Å². The van der Waals surface area contributed by atoms with Crippen LogP contribution in [0.4, 0.5) is 0 Å². The Morgan fingerprint density at radius 1 is 1.24 bits per heavy atom. The third-order valence-electron chi connectivity index (χ3n) is 5.03. The first-order valence-electron chi connectivity index (χ1n) is 8.89. The van der Waals surface area contributed by atoms with Crippen molar-refractivity contribution in [2.45, 2.75) is 32.4 Å². The minimum absolute atomic E-state index is 0.0639. The summed E-state index contributed by atoms with van der Waals surface area (Å²) in [5.41, 5.74) is 1.42. The van der Waals surface area contributed by atoms with Crippen LogP contribution >= 0.6 is 0 Å². The number of pyridine rings is 1. The monoisotopic (exact) mass is 345 g/mol. The highest BCUT2D eigenvalue weighted by Gasteiger charge is 2.22. The first-order chi connectivity index (χ1) is 12.2. The van der Waals surface area contributed by atoms with E-state index in [1.165, 1.54) is 19.4 Å². The molecule has 3 rings (SSSR count). The molecular formula is C19H27N3O3. The molecule has 2 aromatic rings. The van der Waals surface area contributed by atoms with Gasteiger partial charge in [0, 0.05) is 36.1 Å². The van der Waals surface area contributed by atoms with Gasteiger partial charge in [-0.1, -0.05) is 6.92 Å². The molecule has 1 aliphatic rings. The van der Waals surface area contributed by atoms with Crippen LogP contribution in [0.3, 0.4) is 0 Å². The molecular weight excluding hydrogens is 318 g/mol. The number of methoxy groups -OCH3 is 2. The normalized spacial score (nSPS) is 18.0. The van der Waals surface area contributed by atoms with Crippen molar-refractivity contribution in [1.82, 2.24) is 15.2 Å². The summed E-state index contributed by atoms with van der Waals surface area (Å²) in [6.07, 6.45) is 2.49. The van der Waals surface area contributed by atoms with Crippen molar-refractivity contribution in [2.24, 2.45) is 0 Å². The van der Waals surface area contributed by atoms with E-state index < -0.39 is 0 Å². The third kappa shape index (κ3) is 3.80. The number of rotatable bonds is 7. The van der Waals surface area contributed by atoms with Gasteiger partial charge in [0.05, 0.1) is 19.7 Å². The van der Waals surface area contributed by atoms with Crippen molar-refractivity contribution in [1.29, 1.82) is 0 Å². The van der Waals surface area contributed by atoms with Gasteiger partial charge in [-0.3, -0.25) is 9.69 Å². The Morgan fingerprint density at radius 3 is 2.72 bits per heavy atom. The fourth-order valence-corrected chi connectivity index (χ4v) is 3.63. The summed E-state index contributed by atoms with van der Waals surface area (Å²) in [6, 6.07) is 6.19. The van der Waals surface area contributed by atoms with E-state index in [0.717, 1.165) is 29.6 Å². The molecule has 136 valence electrons. The zero-order chi connectivity index (χ0) is 17.8. The molecule has 0 saturated carbocycles. The number of hydrogen-bond donors (Lipinski definition) is 2. The standard InChI is InChI=1S/C19H27N3O3/c1-4-22-7-5-6-15(22)12-20-11-14-8-13-9-17(24-2)18(25-3)10-16(13)21-19(14)23/h8-10,15,20H,4-7,11-12H2,1-3H3,(H,21,23)/t15-/m0/s1. The fraction of sp³-hybridized carbons (Fsp3) is 0.526. The zero-order valence-electron chi connectivity index (χ0n) is 15.2. The van der Waals surface area contributed by atoms with Gasteiger partial charge in [0.25, 0.3) is 5.56 Å². The number of fused-ring (bicyclic) bond motifs is 1. The maximum Gasteiger partial charge on any atom is 0.252 e. The lowest BCUT2D eigenvalue weighted by atomic mass is 10.1. The lowest BCUT2D eigenvalue weighted by Crippen LogP contribution is -2.38. The second-order valence-electron chi connectivity index (χ2n) is 6.47. The number of likely N-dealkylation sites (tertiary alicyclic amines) is 1. The van der Waals surface area contributed by atoms with E-state index in [-0.39, 0.29) is 5.56 Å². The third-order valence-corrected chi connectivity index (χ3v) is 5.03. The Balaban J connectivity index is 1.75. The Kier molecular flexibility index (Phi) is 5.60. The number of aromatic amines is 1. The summed E-state index contributed by atoms with van der Waals surface area (Å²) in [4.78, 5) is 17.8. The zero-order valence-corrected chi connectivity index (χ0v) is 15.2. The van der Waals surface area contributed by atoms with Crippen LogP contribution < -0.4 is 20.3 Å². The number of H-pyrrole nitrogens is 1. The van der Waals surface area contributed by atoms with Crippen LogP contribution in [0.5, 0.6) is 11.5 Å². The molecule has 0 spiro atoms. The highest BCUT2D eigenvalue weighted by molar-refractivity contribution is 5.83. The highest BCUT2D eigenvalue weighted by Crippen LogP contribution is 2.31. The molecule has 25 heavy (non-hydrogen) atoms. The van der Waals surface area contributed by atoms with Crippen molar-refractivity contribution in [3.8, 4) is 11.5 Å². The van der Waals surface area contributed by atoms with Gasteiger partial charge in [-0.2, -0.15) is 0 Å². The number of likely N-dealkylation sites (N-methyl/N-ethyl adjacent to an activating group) is 1. The molecule has 1 fully saturated rings. The Bertz CT molecular complexity index is 787. The predicted molar refractivity (Wildman–Crippen MR) is 99.6 cm³/mol. The lowest BCUT2D eigenvalue weighted by molar-refractivity contribution is 0.260. The summed E-state index contributed by atoms with van der Waals surface area (Å²) in [5, 5.41) is 4.38. The molecule has 2 heterocycles. The Morgan fingerprint density at radius 2 is 2.00 bits per heavy atom. The van der Waals surface area contributed by atoms with Crippen LogP contribution in [0.15, 0.2) is 23.0 Å². The quantitative estimate of drug-likeness (QED) is 0.805. The van der Waals surface area contributed by atoms with E-state index in [9.17, 15) is 4.79 Å². The van der Waals surface area contributed by atoms with Gasteiger partial charge in [-0.05, 0) is 38.1 Å². The predicted octanol–water partition coefficient (Wildman–Crippen LogP) is 2.12. The van der Waals surface area contributed by atoms with E-state index in [1.54, 1.807) is 20.3 Å². The van der Waals surface area contributed by atoms with Crippen LogP contribution in [0.2, 0.25) is 0 Å². The van der Waals surface area contributed by atoms with Crippen LogP contribution in [-0.2, 0) is 6.54 Å². The van der Waals surface area contributed by atoms with E-state index >= 15 is 0 Å². The average Bonchev–Trinajstić information content (AvgIpc) is 3.08. The molecule has 1 aromatic carbocycles. The van der Waals surface area contributed by atoms with Gasteiger partial charge < -0.3 is 19.8 Å². The number of benzene rings is 1. The Hall–Kier alpha value is -2.05. The maximum atomic E-state index is 12.4. The van der Waals surface area contributed by atoms with E-state index in [2.05, 4.69) is 22.1 Å². The van der Waals surface area contributed by atoms with E-state index in [1.807, 2.05) is 12.1 Å². The van der Waals surface area contributed by atoms with Gasteiger partial charge in [0.1, 0.15) is 0 Å². The van der Waals surface area contributed by atoms with Crippen molar-refractivity contribution in [3.63, 3.8) is 0 Å². The van der Waals surface area contributed by atoms with E-state index in [4.69, 9.17) is 9.47 Å². The largest absolute Gasteiger partial charge is 0.493 e. The van der Waals surface area contributed by atoms with E-state index in [0.29, 0.717) is 24.1 Å². The van der Waals surface area contributed by atoms with Gasteiger partial charge in [-0.15, -0.1) is 0 Å². The SMILES string of the molecule is CCN1CCC[C@H]1CNCc1cc2cc(OC)c(OC)cc2[nH]c1=O. The number of ether oxygens (including phenoxy) is 2. The summed E-state index contributed by atoms with van der Waals surface area (Å²) in [7, 11) is 3.20. The second-order valence-corrected chi connectivity index (χ2v) is 6.47. The summed E-state index contributed by atoms with van der Waals surface area (Å²) < 4.78 is 10.6. The smallest absolute Gasteiger partial charge is 0.252 e. The lowest BCUT2D eigenvalue weighted by Gasteiger charge is -2.22. The average molecular weight is 345 g/mol. The van der Waals surface area contributed by atoms with Crippen LogP contribution in [0, 0.1) is 0 Å². The fourth-order valence-electron chi connectivity index (χ4n) is 3.63. The molecule has 0 amide bonds. The van der Waals surface area contributed by atoms with Crippen LogP contribution in [0.1, 0.15) is 25.3 Å². The molecule has 1 aliphatic heterocycles. The number of aromatic nitrogens is 1. The van der Waals surface area contributed by atoms with Gasteiger partial charge >= 0.3 is 0 Å². The first-order valence-corrected chi connectivity index (χ1v) is 8.89. The van der Waals surface area contributed by atoms with Crippen molar-refractivity contribution >= 4 is 10.9 Å². The highest BCUT2D eigenvalue weighted by atomic mass is 16.5. The molecule has 1 saturated heterocycles. The second kappa shape index (κ2) is 7.89. The molecule has 2 N–H and O–H groups in total. The van der Waals surface area contributed by atoms with Gasteiger partial charge in [0.15, 0.2) is 11.5 Å². The molecule has 0 bridgehead atoms. The van der Waals surface area contributed by atoms with Gasteiger partial charge in [-0.25, -0.2) is 0 Å². The number of nitrogens with one attached hydrogen (secondary N) is 2. The molecule has 6 nitrogen and oxygen atoms in total. The molecule has 1 atom stereocenters. The summed E-state index contributed by atoms with van der Waals surface area (Å²) in [5.74, 6) is 1.27. The van der Waals surface area contributed by atoms with Gasteiger partial charge in [0.2, 0.25) is 0 Å². The van der Waals surface area contributed by atoms with Crippen LogP contribution in [-0.4, -0.2) is 49.8 Å². The topological polar surface area (TPSA) is 66.6 Å². The summed E-state index contributed by atoms with van der Waals surface area (Å²) in [6.45, 7) is 5.95. The Labute approximate surface area is 148 Å². The van der Waals surface area contributed by atoms with Crippen LogP contribution in [0.25, 0.3) is 10.9 Å².